The highest BCUT2D eigenvalue weighted by atomic mass is 35.5. The maximum absolute atomic E-state index is 11.6. The van der Waals surface area contributed by atoms with Gasteiger partial charge in [-0.05, 0) is 49.3 Å². The minimum atomic E-state index is -0.532. The van der Waals surface area contributed by atoms with E-state index >= 15 is 0 Å². The van der Waals surface area contributed by atoms with Gasteiger partial charge in [-0.25, -0.2) is 19.4 Å². The highest BCUT2D eigenvalue weighted by molar-refractivity contribution is 6.37. The molecule has 6 rings (SSSR count). The largest absolute Gasteiger partial charge is 0.463 e. The van der Waals surface area contributed by atoms with Crippen LogP contribution in [0.3, 0.4) is 0 Å². The van der Waals surface area contributed by atoms with Gasteiger partial charge in [-0.2, -0.15) is 5.10 Å². The fourth-order valence-corrected chi connectivity index (χ4v) is 5.99. The molecule has 2 aliphatic carbocycles. The van der Waals surface area contributed by atoms with Gasteiger partial charge in [0.15, 0.2) is 0 Å². The summed E-state index contributed by atoms with van der Waals surface area (Å²) in [5.74, 6) is 0.497. The second-order valence-electron chi connectivity index (χ2n) is 9.45. The number of benzene rings is 1. The Balaban J connectivity index is 1.16. The Morgan fingerprint density at radius 3 is 2.49 bits per heavy atom. The predicted molar refractivity (Wildman–Crippen MR) is 131 cm³/mol. The third-order valence-electron chi connectivity index (χ3n) is 7.32. The molecule has 2 bridgehead atoms. The number of anilines is 1. The van der Waals surface area contributed by atoms with Crippen molar-refractivity contribution < 1.29 is 14.3 Å². The average Bonchev–Trinajstić information content (AvgIpc) is 3.32. The Hall–Kier alpha value is -2.68. The molecule has 1 aromatic carbocycles. The SMILES string of the molecule is COC(=O)c1ncc(N2CC3CC2CC3OCc2c(C3CC3)cnn2-c2c(Cl)cccc2Cl)cn1. The van der Waals surface area contributed by atoms with Crippen molar-refractivity contribution >= 4 is 34.9 Å². The predicted octanol–water partition coefficient (Wildman–Crippen LogP) is 4.82. The quantitative estimate of drug-likeness (QED) is 0.419. The number of carbonyl (C=O) groups is 1. The lowest BCUT2D eigenvalue weighted by Crippen LogP contribution is -2.38. The molecule has 10 heteroatoms. The number of hydrogen-bond donors (Lipinski definition) is 0. The molecule has 1 saturated heterocycles. The highest BCUT2D eigenvalue weighted by Gasteiger charge is 2.45. The fraction of sp³-hybridized carbons (Fsp3) is 0.440. The fourth-order valence-electron chi connectivity index (χ4n) is 5.43. The van der Waals surface area contributed by atoms with Crippen LogP contribution in [0.25, 0.3) is 5.69 Å². The van der Waals surface area contributed by atoms with Gasteiger partial charge in [-0.3, -0.25) is 0 Å². The Morgan fingerprint density at radius 1 is 1.11 bits per heavy atom. The maximum atomic E-state index is 11.6. The number of methoxy groups -OCH3 is 1. The second-order valence-corrected chi connectivity index (χ2v) is 10.3. The van der Waals surface area contributed by atoms with Gasteiger partial charge < -0.3 is 14.4 Å². The molecule has 0 amide bonds. The van der Waals surface area contributed by atoms with Crippen molar-refractivity contribution in [2.75, 3.05) is 18.6 Å². The number of halogens is 2. The molecular weight excluding hydrogens is 489 g/mol. The van der Waals surface area contributed by atoms with E-state index in [2.05, 4.69) is 24.7 Å². The summed E-state index contributed by atoms with van der Waals surface area (Å²) in [6, 6.07) is 5.86. The van der Waals surface area contributed by atoms with Crippen LogP contribution >= 0.6 is 23.2 Å². The molecular formula is C25H25Cl2N5O3. The van der Waals surface area contributed by atoms with Gasteiger partial charge in [0, 0.05) is 18.5 Å². The normalized spacial score (nSPS) is 23.2. The molecule has 1 aliphatic heterocycles. The third kappa shape index (κ3) is 4.17. The van der Waals surface area contributed by atoms with E-state index in [-0.39, 0.29) is 11.9 Å². The summed E-state index contributed by atoms with van der Waals surface area (Å²) in [4.78, 5) is 22.2. The summed E-state index contributed by atoms with van der Waals surface area (Å²) in [7, 11) is 1.32. The number of fused-ring (bicyclic) bond motifs is 2. The average molecular weight is 514 g/mol. The summed E-state index contributed by atoms with van der Waals surface area (Å²) in [6.07, 6.45) is 9.86. The van der Waals surface area contributed by atoms with E-state index in [1.807, 2.05) is 29.1 Å². The topological polar surface area (TPSA) is 82.4 Å². The first-order valence-corrected chi connectivity index (χ1v) is 12.6. The van der Waals surface area contributed by atoms with Gasteiger partial charge in [0.25, 0.3) is 0 Å². The zero-order chi connectivity index (χ0) is 24.1. The van der Waals surface area contributed by atoms with Crippen LogP contribution in [0.5, 0.6) is 0 Å². The minimum Gasteiger partial charge on any atom is -0.463 e. The Bertz CT molecular complexity index is 1240. The van der Waals surface area contributed by atoms with E-state index in [9.17, 15) is 4.79 Å². The smallest absolute Gasteiger partial charge is 0.376 e. The van der Waals surface area contributed by atoms with E-state index in [4.69, 9.17) is 27.9 Å². The monoisotopic (exact) mass is 513 g/mol. The number of aromatic nitrogens is 4. The van der Waals surface area contributed by atoms with Crippen LogP contribution in [0.15, 0.2) is 36.8 Å². The van der Waals surface area contributed by atoms with Crippen molar-refractivity contribution in [2.45, 2.75) is 50.4 Å². The molecule has 3 fully saturated rings. The van der Waals surface area contributed by atoms with Gasteiger partial charge >= 0.3 is 5.97 Å². The van der Waals surface area contributed by atoms with Crippen LogP contribution in [-0.4, -0.2) is 51.5 Å². The summed E-state index contributed by atoms with van der Waals surface area (Å²) >= 11 is 13.0. The first-order valence-electron chi connectivity index (χ1n) is 11.8. The highest BCUT2D eigenvalue weighted by Crippen LogP contribution is 2.45. The number of esters is 1. The Kier molecular flexibility index (Phi) is 5.90. The lowest BCUT2D eigenvalue weighted by atomic mass is 10.1. The van der Waals surface area contributed by atoms with Gasteiger partial charge in [0.1, 0.15) is 5.69 Å². The number of para-hydroxylation sites is 1. The summed E-state index contributed by atoms with van der Waals surface area (Å²) in [5.41, 5.74) is 3.89. The van der Waals surface area contributed by atoms with Crippen molar-refractivity contribution in [1.29, 1.82) is 0 Å². The molecule has 3 atom stereocenters. The molecule has 3 unspecified atom stereocenters. The molecule has 182 valence electrons. The second kappa shape index (κ2) is 9.08. The van der Waals surface area contributed by atoms with E-state index < -0.39 is 5.97 Å². The van der Waals surface area contributed by atoms with Gasteiger partial charge in [0.2, 0.25) is 5.82 Å². The first-order chi connectivity index (χ1) is 17.0. The third-order valence-corrected chi connectivity index (χ3v) is 7.93. The van der Waals surface area contributed by atoms with Crippen molar-refractivity contribution in [3.05, 3.63) is 63.9 Å². The summed E-state index contributed by atoms with van der Waals surface area (Å²) in [6.45, 7) is 1.35. The first kappa shape index (κ1) is 22.8. The number of ether oxygens (including phenoxy) is 2. The van der Waals surface area contributed by atoms with E-state index in [0.717, 1.165) is 30.8 Å². The molecule has 2 saturated carbocycles. The number of carbonyl (C=O) groups excluding carboxylic acids is 1. The molecule has 0 N–H and O–H groups in total. The van der Waals surface area contributed by atoms with E-state index in [1.54, 1.807) is 12.4 Å². The van der Waals surface area contributed by atoms with Crippen molar-refractivity contribution in [2.24, 2.45) is 5.92 Å². The maximum Gasteiger partial charge on any atom is 0.376 e. The minimum absolute atomic E-state index is 0.0727. The molecule has 3 aliphatic rings. The Morgan fingerprint density at radius 2 is 1.86 bits per heavy atom. The van der Waals surface area contributed by atoms with Crippen LogP contribution in [0.1, 0.15) is 53.5 Å². The lowest BCUT2D eigenvalue weighted by molar-refractivity contribution is 0.00992. The van der Waals surface area contributed by atoms with Crippen molar-refractivity contribution in [1.82, 2.24) is 19.7 Å². The van der Waals surface area contributed by atoms with Crippen LogP contribution < -0.4 is 4.90 Å². The summed E-state index contributed by atoms with van der Waals surface area (Å²) in [5, 5.41) is 5.79. The van der Waals surface area contributed by atoms with Crippen LogP contribution in [0.2, 0.25) is 10.0 Å². The Labute approximate surface area is 213 Å². The van der Waals surface area contributed by atoms with Gasteiger partial charge in [0.05, 0.1) is 59.8 Å². The molecule has 0 radical (unpaired) electrons. The van der Waals surface area contributed by atoms with Crippen molar-refractivity contribution in [3.8, 4) is 5.69 Å². The van der Waals surface area contributed by atoms with Crippen LogP contribution in [0.4, 0.5) is 5.69 Å². The van der Waals surface area contributed by atoms with E-state index in [0.29, 0.717) is 40.2 Å². The molecule has 8 nitrogen and oxygen atoms in total. The van der Waals surface area contributed by atoms with Crippen molar-refractivity contribution in [3.63, 3.8) is 0 Å². The van der Waals surface area contributed by atoms with Gasteiger partial charge in [-0.15, -0.1) is 0 Å². The number of hydrogen-bond acceptors (Lipinski definition) is 7. The molecule has 35 heavy (non-hydrogen) atoms. The van der Waals surface area contributed by atoms with Crippen LogP contribution in [0, 0.1) is 5.92 Å². The number of piperidine rings is 1. The molecule has 0 spiro atoms. The molecule has 2 aromatic heterocycles. The standard InChI is InChI=1S/C25H25Cl2N5O3/c1-34-25(33)24-28-9-17(10-29-24)31-12-15-7-16(31)8-22(15)35-13-21-18(14-5-6-14)11-30-32(21)23-19(26)3-2-4-20(23)27/h2-4,9-11,14-16,22H,5-8,12-13H2,1H3. The summed E-state index contributed by atoms with van der Waals surface area (Å²) < 4.78 is 13.1. The lowest BCUT2D eigenvalue weighted by Gasteiger charge is -2.32. The zero-order valence-electron chi connectivity index (χ0n) is 19.2. The van der Waals surface area contributed by atoms with E-state index in [1.165, 1.54) is 25.5 Å². The molecule has 3 heterocycles. The number of nitrogens with zero attached hydrogens (tertiary/aromatic N) is 5. The molecule has 3 aromatic rings. The van der Waals surface area contributed by atoms with Crippen LogP contribution in [-0.2, 0) is 16.1 Å². The van der Waals surface area contributed by atoms with Gasteiger partial charge in [-0.1, -0.05) is 29.3 Å². The zero-order valence-corrected chi connectivity index (χ0v) is 20.7. The number of rotatable bonds is 7.